The summed E-state index contributed by atoms with van der Waals surface area (Å²) >= 11 is 1.69. The number of aliphatic imine (C=N–C) groups is 1. The Kier molecular flexibility index (Phi) is 9.99. The van der Waals surface area contributed by atoms with E-state index in [0.29, 0.717) is 12.1 Å². The molecule has 0 bridgehead atoms. The van der Waals surface area contributed by atoms with Crippen molar-refractivity contribution in [3.63, 3.8) is 0 Å². The number of hydrogen-bond donors (Lipinski definition) is 1. The van der Waals surface area contributed by atoms with Gasteiger partial charge < -0.3 is 15.0 Å². The quantitative estimate of drug-likeness (QED) is 0.368. The fourth-order valence-electron chi connectivity index (χ4n) is 2.36. The molecule has 0 atom stereocenters. The monoisotopic (exact) mass is 477 g/mol. The molecule has 138 valence electrons. The molecule has 0 aliphatic heterocycles. The number of rotatable bonds is 7. The van der Waals surface area contributed by atoms with Crippen LogP contribution in [0, 0.1) is 5.82 Å². The molecule has 0 aliphatic rings. The first-order valence-electron chi connectivity index (χ1n) is 7.90. The molecule has 2 rings (SSSR count). The summed E-state index contributed by atoms with van der Waals surface area (Å²) < 4.78 is 18.7. The SMILES string of the molecule is CCNC(=NCc1ccc(F)c(COC)c1)N(C)Cc1ccsc1.I. The molecule has 0 unspecified atom stereocenters. The lowest BCUT2D eigenvalue weighted by molar-refractivity contribution is 0.181. The minimum Gasteiger partial charge on any atom is -0.380 e. The molecule has 4 nitrogen and oxygen atoms in total. The molecule has 1 aromatic heterocycles. The van der Waals surface area contributed by atoms with Crippen molar-refractivity contribution < 1.29 is 9.13 Å². The highest BCUT2D eigenvalue weighted by molar-refractivity contribution is 14.0. The van der Waals surface area contributed by atoms with E-state index >= 15 is 0 Å². The molecule has 0 spiro atoms. The van der Waals surface area contributed by atoms with E-state index in [1.54, 1.807) is 24.5 Å². The van der Waals surface area contributed by atoms with Crippen molar-refractivity contribution in [3.05, 3.63) is 57.5 Å². The summed E-state index contributed by atoms with van der Waals surface area (Å²) in [5.74, 6) is 0.590. The van der Waals surface area contributed by atoms with Crippen LogP contribution in [0.2, 0.25) is 0 Å². The third-order valence-corrected chi connectivity index (χ3v) is 4.25. The third-order valence-electron chi connectivity index (χ3n) is 3.52. The first kappa shape index (κ1) is 21.9. The van der Waals surface area contributed by atoms with Crippen LogP contribution in [0.3, 0.4) is 0 Å². The van der Waals surface area contributed by atoms with Crippen LogP contribution in [-0.2, 0) is 24.4 Å². The summed E-state index contributed by atoms with van der Waals surface area (Å²) in [7, 11) is 3.58. The predicted molar refractivity (Wildman–Crippen MR) is 113 cm³/mol. The lowest BCUT2D eigenvalue weighted by atomic mass is 10.1. The molecule has 1 aromatic carbocycles. The molecular formula is C18H25FIN3OS. The Morgan fingerprint density at radius 3 is 2.76 bits per heavy atom. The average molecular weight is 477 g/mol. The van der Waals surface area contributed by atoms with Crippen LogP contribution in [0.1, 0.15) is 23.6 Å². The van der Waals surface area contributed by atoms with Gasteiger partial charge in [-0.1, -0.05) is 6.07 Å². The van der Waals surface area contributed by atoms with Gasteiger partial charge in [0.2, 0.25) is 0 Å². The molecule has 0 fully saturated rings. The standard InChI is InChI=1S/C18H24FN3OS.HI/c1-4-20-18(22(2)11-15-7-8-24-13-15)21-10-14-5-6-17(19)16(9-14)12-23-3;/h5-9,13H,4,10-12H2,1-3H3,(H,20,21);1H. The molecule has 0 aliphatic carbocycles. The van der Waals surface area contributed by atoms with Gasteiger partial charge >= 0.3 is 0 Å². The van der Waals surface area contributed by atoms with Crippen molar-refractivity contribution in [1.82, 2.24) is 10.2 Å². The van der Waals surface area contributed by atoms with Gasteiger partial charge in [-0.2, -0.15) is 11.3 Å². The Morgan fingerprint density at radius 1 is 1.32 bits per heavy atom. The zero-order valence-corrected chi connectivity index (χ0v) is 17.9. The van der Waals surface area contributed by atoms with Crippen LogP contribution in [-0.4, -0.2) is 31.6 Å². The second-order valence-corrected chi connectivity index (χ2v) is 6.30. The topological polar surface area (TPSA) is 36.9 Å². The minimum atomic E-state index is -0.244. The van der Waals surface area contributed by atoms with Crippen molar-refractivity contribution in [2.45, 2.75) is 26.6 Å². The van der Waals surface area contributed by atoms with Gasteiger partial charge in [0.1, 0.15) is 5.82 Å². The van der Waals surface area contributed by atoms with E-state index in [4.69, 9.17) is 4.74 Å². The van der Waals surface area contributed by atoms with E-state index in [2.05, 4.69) is 32.0 Å². The summed E-state index contributed by atoms with van der Waals surface area (Å²) in [5, 5.41) is 7.51. The van der Waals surface area contributed by atoms with Gasteiger partial charge in [-0.3, -0.25) is 0 Å². The van der Waals surface area contributed by atoms with Gasteiger partial charge in [0.15, 0.2) is 5.96 Å². The molecule has 0 saturated carbocycles. The number of guanidine groups is 1. The predicted octanol–water partition coefficient (Wildman–Crippen LogP) is 4.25. The molecule has 25 heavy (non-hydrogen) atoms. The smallest absolute Gasteiger partial charge is 0.194 e. The molecule has 1 N–H and O–H groups in total. The van der Waals surface area contributed by atoms with Crippen LogP contribution in [0.4, 0.5) is 4.39 Å². The van der Waals surface area contributed by atoms with Crippen LogP contribution in [0.15, 0.2) is 40.0 Å². The highest BCUT2D eigenvalue weighted by atomic mass is 127. The molecule has 0 amide bonds. The number of halogens is 2. The highest BCUT2D eigenvalue weighted by Crippen LogP contribution is 2.13. The second-order valence-electron chi connectivity index (χ2n) is 5.52. The second kappa shape index (κ2) is 11.4. The zero-order valence-electron chi connectivity index (χ0n) is 14.8. The van der Waals surface area contributed by atoms with Crippen LogP contribution >= 0.6 is 35.3 Å². The van der Waals surface area contributed by atoms with E-state index in [0.717, 1.165) is 24.6 Å². The lowest BCUT2D eigenvalue weighted by Gasteiger charge is -2.21. The summed E-state index contributed by atoms with van der Waals surface area (Å²) in [6.07, 6.45) is 0. The Bertz CT molecular complexity index is 664. The maximum absolute atomic E-state index is 13.7. The fraction of sp³-hybridized carbons (Fsp3) is 0.389. The van der Waals surface area contributed by atoms with Gasteiger partial charge in [-0.05, 0) is 47.0 Å². The molecule has 7 heteroatoms. The zero-order chi connectivity index (χ0) is 17.4. The van der Waals surface area contributed by atoms with Gasteiger partial charge in [0, 0.05) is 32.8 Å². The number of hydrogen-bond acceptors (Lipinski definition) is 3. The average Bonchev–Trinajstić information content (AvgIpc) is 3.07. The number of nitrogens with one attached hydrogen (secondary N) is 1. The first-order chi connectivity index (χ1) is 11.6. The number of thiophene rings is 1. The Hall–Kier alpha value is -1.19. The molecule has 0 saturated heterocycles. The van der Waals surface area contributed by atoms with E-state index < -0.39 is 0 Å². The van der Waals surface area contributed by atoms with Crippen LogP contribution in [0.25, 0.3) is 0 Å². The summed E-state index contributed by atoms with van der Waals surface area (Å²) in [5.41, 5.74) is 2.78. The maximum atomic E-state index is 13.7. The Balaban J connectivity index is 0.00000312. The largest absolute Gasteiger partial charge is 0.380 e. The van der Waals surface area contributed by atoms with Gasteiger partial charge in [-0.25, -0.2) is 9.38 Å². The highest BCUT2D eigenvalue weighted by Gasteiger charge is 2.08. The van der Waals surface area contributed by atoms with E-state index in [1.165, 1.54) is 11.6 Å². The van der Waals surface area contributed by atoms with E-state index in [1.807, 2.05) is 20.0 Å². The number of ether oxygens (including phenoxy) is 1. The van der Waals surface area contributed by atoms with Gasteiger partial charge in [-0.15, -0.1) is 24.0 Å². The van der Waals surface area contributed by atoms with Crippen molar-refractivity contribution >= 4 is 41.3 Å². The van der Waals surface area contributed by atoms with Crippen molar-refractivity contribution in [2.24, 2.45) is 4.99 Å². The first-order valence-corrected chi connectivity index (χ1v) is 8.85. The minimum absolute atomic E-state index is 0. The van der Waals surface area contributed by atoms with E-state index in [9.17, 15) is 4.39 Å². The lowest BCUT2D eigenvalue weighted by Crippen LogP contribution is -2.38. The number of nitrogens with zero attached hydrogens (tertiary/aromatic N) is 2. The molecule has 0 radical (unpaired) electrons. The fourth-order valence-corrected chi connectivity index (χ4v) is 3.02. The number of methoxy groups -OCH3 is 1. The van der Waals surface area contributed by atoms with Crippen molar-refractivity contribution in [2.75, 3.05) is 20.7 Å². The molecule has 1 heterocycles. The van der Waals surface area contributed by atoms with Gasteiger partial charge in [0.05, 0.1) is 13.2 Å². The molecular weight excluding hydrogens is 452 g/mol. The molecule has 2 aromatic rings. The van der Waals surface area contributed by atoms with Crippen LogP contribution in [0.5, 0.6) is 0 Å². The third kappa shape index (κ3) is 6.91. The Morgan fingerprint density at radius 2 is 2.12 bits per heavy atom. The normalized spacial score (nSPS) is 11.1. The van der Waals surface area contributed by atoms with Crippen molar-refractivity contribution in [3.8, 4) is 0 Å². The summed E-state index contributed by atoms with van der Waals surface area (Å²) in [6.45, 7) is 4.40. The van der Waals surface area contributed by atoms with Gasteiger partial charge in [0.25, 0.3) is 0 Å². The van der Waals surface area contributed by atoms with Crippen molar-refractivity contribution in [1.29, 1.82) is 0 Å². The Labute approximate surface area is 170 Å². The summed E-state index contributed by atoms with van der Waals surface area (Å²) in [6, 6.07) is 7.16. The summed E-state index contributed by atoms with van der Waals surface area (Å²) in [4.78, 5) is 6.76. The number of benzene rings is 1. The van der Waals surface area contributed by atoms with Crippen LogP contribution < -0.4 is 5.32 Å². The maximum Gasteiger partial charge on any atom is 0.194 e. The van der Waals surface area contributed by atoms with E-state index in [-0.39, 0.29) is 36.4 Å².